The molecule has 116 valence electrons. The number of rotatable bonds is 7. The van der Waals surface area contributed by atoms with Gasteiger partial charge < -0.3 is 10.1 Å². The van der Waals surface area contributed by atoms with Crippen LogP contribution in [0.3, 0.4) is 0 Å². The molecule has 1 aromatic heterocycles. The smallest absolute Gasteiger partial charge is 0.0891 e. The monoisotopic (exact) mass is 288 g/mol. The number of pyridine rings is 1. The third-order valence-electron chi connectivity index (χ3n) is 4.79. The molecule has 0 aliphatic heterocycles. The van der Waals surface area contributed by atoms with E-state index in [1.807, 2.05) is 0 Å². The lowest BCUT2D eigenvalue weighted by Crippen LogP contribution is -2.22. The van der Waals surface area contributed by atoms with Crippen LogP contribution in [0.25, 0.3) is 0 Å². The van der Waals surface area contributed by atoms with Crippen LogP contribution in [-0.2, 0) is 17.9 Å². The second kappa shape index (κ2) is 7.37. The fraction of sp³-hybridized carbons (Fsp3) is 0.722. The molecule has 3 rings (SSSR count). The van der Waals surface area contributed by atoms with Crippen molar-refractivity contribution in [2.45, 2.75) is 77.2 Å². The van der Waals surface area contributed by atoms with E-state index in [-0.39, 0.29) is 0 Å². The molecule has 2 fully saturated rings. The molecule has 1 N–H and O–H groups in total. The van der Waals surface area contributed by atoms with Crippen molar-refractivity contribution in [3.63, 3.8) is 0 Å². The molecule has 0 bridgehead atoms. The highest BCUT2D eigenvalue weighted by Gasteiger charge is 2.22. The van der Waals surface area contributed by atoms with Crippen molar-refractivity contribution in [1.29, 1.82) is 0 Å². The van der Waals surface area contributed by atoms with E-state index >= 15 is 0 Å². The SMILES string of the molecule is CCC1CCCC(OCc2cccc(CNC3CC3)n2)C1. The summed E-state index contributed by atoms with van der Waals surface area (Å²) in [7, 11) is 0. The molecule has 2 saturated carbocycles. The molecule has 2 atom stereocenters. The second-order valence-corrected chi connectivity index (χ2v) is 6.65. The third kappa shape index (κ3) is 4.79. The van der Waals surface area contributed by atoms with Gasteiger partial charge in [-0.2, -0.15) is 0 Å². The number of hydrogen-bond donors (Lipinski definition) is 1. The Morgan fingerprint density at radius 3 is 2.86 bits per heavy atom. The first-order valence-electron chi connectivity index (χ1n) is 8.63. The highest BCUT2D eigenvalue weighted by molar-refractivity contribution is 5.11. The van der Waals surface area contributed by atoms with Crippen LogP contribution in [0.5, 0.6) is 0 Å². The predicted octanol–water partition coefficient (Wildman–Crippen LogP) is 3.82. The van der Waals surface area contributed by atoms with Gasteiger partial charge in [0.15, 0.2) is 0 Å². The molecule has 2 aliphatic carbocycles. The molecule has 2 unspecified atom stereocenters. The molecule has 0 saturated heterocycles. The minimum Gasteiger partial charge on any atom is -0.372 e. The standard InChI is InChI=1S/C18H28N2O/c1-2-14-5-3-8-18(11-14)21-13-17-7-4-6-16(20-17)12-19-15-9-10-15/h4,6-7,14-15,18-19H,2-3,5,8-13H2,1H3. The van der Waals surface area contributed by atoms with Crippen LogP contribution in [0.2, 0.25) is 0 Å². The number of nitrogens with zero attached hydrogens (tertiary/aromatic N) is 1. The van der Waals surface area contributed by atoms with Gasteiger partial charge in [0.1, 0.15) is 0 Å². The first-order valence-corrected chi connectivity index (χ1v) is 8.63. The Kier molecular flexibility index (Phi) is 5.26. The molecule has 0 aromatic carbocycles. The maximum absolute atomic E-state index is 6.11. The van der Waals surface area contributed by atoms with Crippen LogP contribution in [0.1, 0.15) is 63.3 Å². The predicted molar refractivity (Wildman–Crippen MR) is 84.9 cm³/mol. The Hall–Kier alpha value is -0.930. The van der Waals surface area contributed by atoms with Gasteiger partial charge in [0.25, 0.3) is 0 Å². The lowest BCUT2D eigenvalue weighted by atomic mass is 9.85. The minimum absolute atomic E-state index is 0.443. The number of hydrogen-bond acceptors (Lipinski definition) is 3. The normalized spacial score (nSPS) is 26.0. The molecular weight excluding hydrogens is 260 g/mol. The lowest BCUT2D eigenvalue weighted by Gasteiger charge is -2.28. The minimum atomic E-state index is 0.443. The van der Waals surface area contributed by atoms with Crippen LogP contribution in [0, 0.1) is 5.92 Å². The average molecular weight is 288 g/mol. The van der Waals surface area contributed by atoms with E-state index < -0.39 is 0 Å². The van der Waals surface area contributed by atoms with Crippen molar-refractivity contribution in [2.24, 2.45) is 5.92 Å². The van der Waals surface area contributed by atoms with Crippen molar-refractivity contribution < 1.29 is 4.74 Å². The summed E-state index contributed by atoms with van der Waals surface area (Å²) in [5.74, 6) is 0.866. The summed E-state index contributed by atoms with van der Waals surface area (Å²) in [6.07, 6.45) is 9.54. The van der Waals surface area contributed by atoms with E-state index in [9.17, 15) is 0 Å². The molecule has 0 amide bonds. The van der Waals surface area contributed by atoms with Crippen molar-refractivity contribution >= 4 is 0 Å². The molecule has 3 heteroatoms. The van der Waals surface area contributed by atoms with Gasteiger partial charge in [-0.05, 0) is 43.7 Å². The largest absolute Gasteiger partial charge is 0.372 e. The van der Waals surface area contributed by atoms with Gasteiger partial charge in [0.05, 0.1) is 24.1 Å². The molecule has 0 spiro atoms. The molecule has 2 aliphatic rings. The molecule has 3 nitrogen and oxygen atoms in total. The topological polar surface area (TPSA) is 34.1 Å². The third-order valence-corrected chi connectivity index (χ3v) is 4.79. The zero-order chi connectivity index (χ0) is 14.5. The molecule has 1 heterocycles. The summed E-state index contributed by atoms with van der Waals surface area (Å²) in [4.78, 5) is 4.71. The van der Waals surface area contributed by atoms with Crippen molar-refractivity contribution in [3.8, 4) is 0 Å². The van der Waals surface area contributed by atoms with E-state index in [1.165, 1.54) is 44.9 Å². The first kappa shape index (κ1) is 15.0. The lowest BCUT2D eigenvalue weighted by molar-refractivity contribution is 0.000287. The van der Waals surface area contributed by atoms with Crippen molar-refractivity contribution in [3.05, 3.63) is 29.6 Å². The number of nitrogens with one attached hydrogen (secondary N) is 1. The van der Waals surface area contributed by atoms with E-state index in [2.05, 4.69) is 30.4 Å². The first-order chi connectivity index (χ1) is 10.3. The van der Waals surface area contributed by atoms with Gasteiger partial charge in [0, 0.05) is 12.6 Å². The Balaban J connectivity index is 1.46. The second-order valence-electron chi connectivity index (χ2n) is 6.65. The van der Waals surface area contributed by atoms with Gasteiger partial charge in [-0.25, -0.2) is 0 Å². The van der Waals surface area contributed by atoms with Gasteiger partial charge in [-0.3, -0.25) is 4.98 Å². The Bertz CT molecular complexity index is 445. The molecular formula is C18H28N2O. The van der Waals surface area contributed by atoms with E-state index in [1.54, 1.807) is 0 Å². The van der Waals surface area contributed by atoms with E-state index in [0.29, 0.717) is 12.7 Å². The summed E-state index contributed by atoms with van der Waals surface area (Å²) in [6, 6.07) is 7.03. The Morgan fingerprint density at radius 1 is 1.19 bits per heavy atom. The summed E-state index contributed by atoms with van der Waals surface area (Å²) in [5.41, 5.74) is 2.21. The maximum Gasteiger partial charge on any atom is 0.0891 e. The fourth-order valence-corrected chi connectivity index (χ4v) is 3.21. The van der Waals surface area contributed by atoms with Crippen LogP contribution in [0.15, 0.2) is 18.2 Å². The molecule has 0 radical (unpaired) electrons. The van der Waals surface area contributed by atoms with Gasteiger partial charge >= 0.3 is 0 Å². The van der Waals surface area contributed by atoms with Crippen LogP contribution >= 0.6 is 0 Å². The van der Waals surface area contributed by atoms with Crippen LogP contribution in [-0.4, -0.2) is 17.1 Å². The number of aromatic nitrogens is 1. The van der Waals surface area contributed by atoms with E-state index in [0.717, 1.165) is 29.9 Å². The summed E-state index contributed by atoms with van der Waals surface area (Å²) in [5, 5.41) is 3.52. The van der Waals surface area contributed by atoms with Crippen molar-refractivity contribution in [2.75, 3.05) is 0 Å². The van der Waals surface area contributed by atoms with Crippen LogP contribution in [0.4, 0.5) is 0 Å². The zero-order valence-electron chi connectivity index (χ0n) is 13.2. The zero-order valence-corrected chi connectivity index (χ0v) is 13.2. The van der Waals surface area contributed by atoms with Gasteiger partial charge in [-0.1, -0.05) is 32.3 Å². The molecule has 21 heavy (non-hydrogen) atoms. The Morgan fingerprint density at radius 2 is 2.05 bits per heavy atom. The van der Waals surface area contributed by atoms with Crippen molar-refractivity contribution in [1.82, 2.24) is 10.3 Å². The highest BCUT2D eigenvalue weighted by Crippen LogP contribution is 2.28. The summed E-state index contributed by atoms with van der Waals surface area (Å²) >= 11 is 0. The molecule has 1 aromatic rings. The quantitative estimate of drug-likeness (QED) is 0.828. The van der Waals surface area contributed by atoms with Gasteiger partial charge in [0.2, 0.25) is 0 Å². The van der Waals surface area contributed by atoms with Crippen LogP contribution < -0.4 is 5.32 Å². The Labute approximate surface area is 128 Å². The summed E-state index contributed by atoms with van der Waals surface area (Å²) in [6.45, 7) is 3.85. The highest BCUT2D eigenvalue weighted by atomic mass is 16.5. The van der Waals surface area contributed by atoms with Gasteiger partial charge in [-0.15, -0.1) is 0 Å². The summed E-state index contributed by atoms with van der Waals surface area (Å²) < 4.78 is 6.11. The average Bonchev–Trinajstić information content (AvgIpc) is 3.36. The fourth-order valence-electron chi connectivity index (χ4n) is 3.21. The number of ether oxygens (including phenoxy) is 1. The van der Waals surface area contributed by atoms with E-state index in [4.69, 9.17) is 9.72 Å². The maximum atomic E-state index is 6.11.